The summed E-state index contributed by atoms with van der Waals surface area (Å²) in [4.78, 5) is 12.7. The number of ether oxygens (including phenoxy) is 2. The zero-order chi connectivity index (χ0) is 23.8. The molecule has 2 atom stereocenters. The molecule has 2 aromatic carbocycles. The van der Waals surface area contributed by atoms with Crippen LogP contribution >= 0.6 is 15.9 Å². The molecule has 1 N–H and O–H groups in total. The zero-order valence-electron chi connectivity index (χ0n) is 18.7. The van der Waals surface area contributed by atoms with Crippen LogP contribution in [-0.2, 0) is 11.4 Å². The van der Waals surface area contributed by atoms with E-state index in [1.807, 2.05) is 18.2 Å². The molecule has 0 unspecified atom stereocenters. The Bertz CT molecular complexity index is 1130. The Morgan fingerprint density at radius 3 is 2.67 bits per heavy atom. The lowest BCUT2D eigenvalue weighted by Crippen LogP contribution is -2.41. The Morgan fingerprint density at radius 2 is 1.97 bits per heavy atom. The molecular weight excluding hydrogens is 482 g/mol. The number of carbonyl (C=O) groups is 1. The Hall–Kier alpha value is -3.29. The Labute approximate surface area is 202 Å². The number of carbonyl (C=O) groups excluding carboxylic acids is 1. The summed E-state index contributed by atoms with van der Waals surface area (Å²) in [5, 5.41) is 21.9. The largest absolute Gasteiger partial charge is 0.493 e. The normalized spacial score (nSPS) is 18.0. The first kappa shape index (κ1) is 24.4. The molecule has 6 nitrogen and oxygen atoms in total. The van der Waals surface area contributed by atoms with Crippen LogP contribution in [0.25, 0.3) is 6.08 Å². The molecule has 1 saturated carbocycles. The first-order chi connectivity index (χ1) is 16.0. The predicted octanol–water partition coefficient (Wildman–Crippen LogP) is 5.51. The lowest BCUT2D eigenvalue weighted by molar-refractivity contribution is -0.118. The van der Waals surface area contributed by atoms with Crippen LogP contribution in [-0.4, -0.2) is 19.1 Å². The second kappa shape index (κ2) is 11.5. The van der Waals surface area contributed by atoms with Gasteiger partial charge in [-0.3, -0.25) is 4.79 Å². The second-order valence-corrected chi connectivity index (χ2v) is 8.95. The number of halogens is 1. The molecule has 0 saturated heterocycles. The van der Waals surface area contributed by atoms with Crippen LogP contribution in [0.1, 0.15) is 49.3 Å². The SMILES string of the molecule is COc1cc(/C=C(\C#N)C(=O)N[C@H]2CCCC[C@@H]2C)c(Br)cc1OCc1ccccc1C#N. The van der Waals surface area contributed by atoms with Crippen molar-refractivity contribution < 1.29 is 14.3 Å². The van der Waals surface area contributed by atoms with E-state index in [4.69, 9.17) is 9.47 Å². The quantitative estimate of drug-likeness (QED) is 0.393. The number of hydrogen-bond donors (Lipinski definition) is 1. The molecule has 3 rings (SSSR count). The molecule has 0 aromatic heterocycles. The van der Waals surface area contributed by atoms with Gasteiger partial charge in [-0.2, -0.15) is 10.5 Å². The highest BCUT2D eigenvalue weighted by Gasteiger charge is 2.24. The fourth-order valence-electron chi connectivity index (χ4n) is 3.93. The number of methoxy groups -OCH3 is 1. The van der Waals surface area contributed by atoms with E-state index in [1.54, 1.807) is 30.3 Å². The van der Waals surface area contributed by atoms with Gasteiger partial charge in [0.15, 0.2) is 11.5 Å². The summed E-state index contributed by atoms with van der Waals surface area (Å²) in [5.41, 5.74) is 1.97. The summed E-state index contributed by atoms with van der Waals surface area (Å²) in [6.07, 6.45) is 5.83. The third-order valence-corrected chi connectivity index (χ3v) is 6.58. The van der Waals surface area contributed by atoms with Crippen LogP contribution in [0.5, 0.6) is 11.5 Å². The van der Waals surface area contributed by atoms with E-state index in [0.29, 0.717) is 33.0 Å². The lowest BCUT2D eigenvalue weighted by atomic mass is 9.86. The van der Waals surface area contributed by atoms with Crippen LogP contribution in [0.3, 0.4) is 0 Å². The lowest BCUT2D eigenvalue weighted by Gasteiger charge is -2.29. The minimum atomic E-state index is -0.365. The maximum atomic E-state index is 12.7. The van der Waals surface area contributed by atoms with Gasteiger partial charge in [0, 0.05) is 16.1 Å². The van der Waals surface area contributed by atoms with Gasteiger partial charge < -0.3 is 14.8 Å². The molecule has 1 aliphatic rings. The van der Waals surface area contributed by atoms with Crippen molar-refractivity contribution >= 4 is 27.9 Å². The smallest absolute Gasteiger partial charge is 0.262 e. The third kappa shape index (κ3) is 6.15. The zero-order valence-corrected chi connectivity index (χ0v) is 20.3. The first-order valence-corrected chi connectivity index (χ1v) is 11.7. The van der Waals surface area contributed by atoms with E-state index in [1.165, 1.54) is 13.5 Å². The fourth-order valence-corrected chi connectivity index (χ4v) is 4.36. The van der Waals surface area contributed by atoms with Crippen molar-refractivity contribution in [2.24, 2.45) is 5.92 Å². The van der Waals surface area contributed by atoms with Gasteiger partial charge in [-0.25, -0.2) is 0 Å². The van der Waals surface area contributed by atoms with Gasteiger partial charge in [0.05, 0.1) is 18.7 Å². The van der Waals surface area contributed by atoms with E-state index >= 15 is 0 Å². The van der Waals surface area contributed by atoms with E-state index in [0.717, 1.165) is 24.8 Å². The molecular formula is C26H26BrN3O3. The van der Waals surface area contributed by atoms with Gasteiger partial charge in [-0.1, -0.05) is 53.9 Å². The number of nitriles is 2. The minimum absolute atomic E-state index is 0.0344. The molecule has 0 bridgehead atoms. The molecule has 33 heavy (non-hydrogen) atoms. The van der Waals surface area contributed by atoms with Crippen molar-refractivity contribution in [3.63, 3.8) is 0 Å². The Morgan fingerprint density at radius 1 is 1.21 bits per heavy atom. The number of nitrogens with zero attached hydrogens (tertiary/aromatic N) is 2. The van der Waals surface area contributed by atoms with Crippen molar-refractivity contribution in [1.82, 2.24) is 5.32 Å². The van der Waals surface area contributed by atoms with Crippen LogP contribution in [0.4, 0.5) is 0 Å². The van der Waals surface area contributed by atoms with Crippen LogP contribution in [0.2, 0.25) is 0 Å². The minimum Gasteiger partial charge on any atom is -0.493 e. The fraction of sp³-hybridized carbons (Fsp3) is 0.346. The second-order valence-electron chi connectivity index (χ2n) is 8.09. The number of nitrogens with one attached hydrogen (secondary N) is 1. The molecule has 0 radical (unpaired) electrons. The highest BCUT2D eigenvalue weighted by atomic mass is 79.9. The molecule has 2 aromatic rings. The van der Waals surface area contributed by atoms with Crippen LogP contribution in [0, 0.1) is 28.6 Å². The number of amides is 1. The van der Waals surface area contributed by atoms with Gasteiger partial charge in [0.1, 0.15) is 18.2 Å². The van der Waals surface area contributed by atoms with Gasteiger partial charge >= 0.3 is 0 Å². The number of hydrogen-bond acceptors (Lipinski definition) is 5. The van der Waals surface area contributed by atoms with E-state index in [-0.39, 0.29) is 24.1 Å². The highest BCUT2D eigenvalue weighted by molar-refractivity contribution is 9.10. The molecule has 0 spiro atoms. The molecule has 1 amide bonds. The number of rotatable bonds is 7. The highest BCUT2D eigenvalue weighted by Crippen LogP contribution is 2.35. The standard InChI is InChI=1S/C26H26BrN3O3/c1-17-7-3-6-10-23(17)30-26(31)21(15-29)11-20-12-24(32-2)25(13-22(20)27)33-16-19-9-5-4-8-18(19)14-28/h4-5,8-9,11-13,17,23H,3,6-7,10,16H2,1-2H3,(H,30,31)/b21-11+/t17-,23-/m0/s1. The maximum Gasteiger partial charge on any atom is 0.262 e. The summed E-state index contributed by atoms with van der Waals surface area (Å²) in [6.45, 7) is 2.34. The molecule has 1 aliphatic carbocycles. The van der Waals surface area contributed by atoms with Gasteiger partial charge in [-0.15, -0.1) is 0 Å². The van der Waals surface area contributed by atoms with Crippen molar-refractivity contribution in [3.8, 4) is 23.6 Å². The maximum absolute atomic E-state index is 12.7. The summed E-state index contributed by atoms with van der Waals surface area (Å²) in [5.74, 6) is 0.971. The molecule has 1 fully saturated rings. The van der Waals surface area contributed by atoms with E-state index in [9.17, 15) is 15.3 Å². The summed E-state index contributed by atoms with van der Waals surface area (Å²) >= 11 is 3.51. The monoisotopic (exact) mass is 507 g/mol. The summed E-state index contributed by atoms with van der Waals surface area (Å²) < 4.78 is 12.0. The summed E-state index contributed by atoms with van der Waals surface area (Å²) in [6, 6.07) is 14.9. The van der Waals surface area contributed by atoms with Gasteiger partial charge in [0.25, 0.3) is 5.91 Å². The van der Waals surface area contributed by atoms with E-state index < -0.39 is 0 Å². The Kier molecular flexibility index (Phi) is 8.52. The molecule has 7 heteroatoms. The average Bonchev–Trinajstić information content (AvgIpc) is 2.83. The van der Waals surface area contributed by atoms with Gasteiger partial charge in [-0.05, 0) is 48.6 Å². The molecule has 170 valence electrons. The van der Waals surface area contributed by atoms with Crippen molar-refractivity contribution in [1.29, 1.82) is 10.5 Å². The summed E-state index contributed by atoms with van der Waals surface area (Å²) in [7, 11) is 1.52. The van der Waals surface area contributed by atoms with Crippen LogP contribution < -0.4 is 14.8 Å². The Balaban J connectivity index is 1.80. The predicted molar refractivity (Wildman–Crippen MR) is 129 cm³/mol. The van der Waals surface area contributed by atoms with Crippen molar-refractivity contribution in [2.45, 2.75) is 45.3 Å². The average molecular weight is 508 g/mol. The van der Waals surface area contributed by atoms with E-state index in [2.05, 4.69) is 34.2 Å². The van der Waals surface area contributed by atoms with Crippen molar-refractivity contribution in [2.75, 3.05) is 7.11 Å². The third-order valence-electron chi connectivity index (χ3n) is 5.90. The van der Waals surface area contributed by atoms with Gasteiger partial charge in [0.2, 0.25) is 0 Å². The number of benzene rings is 2. The van der Waals surface area contributed by atoms with Crippen LogP contribution in [0.15, 0.2) is 46.4 Å². The topological polar surface area (TPSA) is 95.1 Å². The van der Waals surface area contributed by atoms with Crippen molar-refractivity contribution in [3.05, 3.63) is 63.1 Å². The first-order valence-electron chi connectivity index (χ1n) is 10.9. The molecule has 0 aliphatic heterocycles. The molecule has 0 heterocycles.